The molecule has 0 spiro atoms. The van der Waals surface area contributed by atoms with Gasteiger partial charge in [0, 0.05) is 22.6 Å². The van der Waals surface area contributed by atoms with Crippen LogP contribution in [0.5, 0.6) is 0 Å². The number of aromatic nitrogens is 2. The van der Waals surface area contributed by atoms with Crippen molar-refractivity contribution in [1.82, 2.24) is 9.55 Å². The minimum atomic E-state index is -0.565. The molecule has 3 rings (SSSR count). The second kappa shape index (κ2) is 7.95. The lowest BCUT2D eigenvalue weighted by molar-refractivity contribution is 0.0472. The highest BCUT2D eigenvalue weighted by Crippen LogP contribution is 2.21. The van der Waals surface area contributed by atoms with E-state index < -0.39 is 12.6 Å². The molecule has 0 aliphatic carbocycles. The molecule has 0 aromatic carbocycles. The van der Waals surface area contributed by atoms with E-state index >= 15 is 0 Å². The highest BCUT2D eigenvalue weighted by atomic mass is 16.5. The maximum atomic E-state index is 12.6. The van der Waals surface area contributed by atoms with Crippen molar-refractivity contribution >= 4 is 17.5 Å². The van der Waals surface area contributed by atoms with E-state index in [1.54, 1.807) is 26.2 Å². The van der Waals surface area contributed by atoms with E-state index in [0.717, 1.165) is 17.1 Å². The molecule has 0 unspecified atom stereocenters. The fourth-order valence-corrected chi connectivity index (χ4v) is 3.65. The van der Waals surface area contributed by atoms with Gasteiger partial charge in [-0.2, -0.15) is 0 Å². The second-order valence-electron chi connectivity index (χ2n) is 7.13. The number of carbonyl (C=O) groups excluding carboxylic acids is 3. The lowest BCUT2D eigenvalue weighted by Crippen LogP contribution is -2.16. The van der Waals surface area contributed by atoms with E-state index in [9.17, 15) is 14.4 Å². The number of H-pyrrole nitrogens is 1. The van der Waals surface area contributed by atoms with Gasteiger partial charge >= 0.3 is 5.97 Å². The lowest BCUT2D eigenvalue weighted by atomic mass is 10.1. The van der Waals surface area contributed by atoms with Crippen molar-refractivity contribution in [3.05, 3.63) is 69.7 Å². The molecule has 0 fully saturated rings. The molecule has 0 saturated carbocycles. The van der Waals surface area contributed by atoms with Gasteiger partial charge in [-0.25, -0.2) is 4.79 Å². The molecule has 1 N–H and O–H groups in total. The van der Waals surface area contributed by atoms with Crippen LogP contribution < -0.4 is 0 Å². The van der Waals surface area contributed by atoms with Gasteiger partial charge in [-0.1, -0.05) is 0 Å². The van der Waals surface area contributed by atoms with Gasteiger partial charge in [-0.15, -0.1) is 0 Å². The van der Waals surface area contributed by atoms with Gasteiger partial charge in [0.2, 0.25) is 5.78 Å². The molecule has 0 saturated heterocycles. The van der Waals surface area contributed by atoms with Gasteiger partial charge in [0.05, 0.1) is 24.1 Å². The topological polar surface area (TPSA) is 94.3 Å². The van der Waals surface area contributed by atoms with Crippen molar-refractivity contribution in [3.63, 3.8) is 0 Å². The number of hydrogen-bond acceptors (Lipinski definition) is 5. The predicted octanol–water partition coefficient (Wildman–Crippen LogP) is 3.93. The summed E-state index contributed by atoms with van der Waals surface area (Å²) in [5.41, 5.74) is 4.04. The molecule has 0 bridgehead atoms. The van der Waals surface area contributed by atoms with Crippen molar-refractivity contribution in [2.75, 3.05) is 6.61 Å². The van der Waals surface area contributed by atoms with Crippen molar-refractivity contribution in [2.45, 2.75) is 41.2 Å². The van der Waals surface area contributed by atoms with E-state index in [1.165, 1.54) is 6.92 Å². The van der Waals surface area contributed by atoms with Crippen LogP contribution in [0, 0.1) is 27.7 Å². The Balaban J connectivity index is 1.72. The summed E-state index contributed by atoms with van der Waals surface area (Å²) in [7, 11) is 0. The average Bonchev–Trinajstić information content (AvgIpc) is 3.34. The number of nitrogens with zero attached hydrogens (tertiary/aromatic N) is 1. The number of rotatable bonds is 7. The molecule has 7 heteroatoms. The number of carbonyl (C=O) groups is 3. The largest absolute Gasteiger partial charge is 0.467 e. The van der Waals surface area contributed by atoms with E-state index in [0.29, 0.717) is 34.6 Å². The summed E-state index contributed by atoms with van der Waals surface area (Å²) in [5, 5.41) is 0. The first-order valence-electron chi connectivity index (χ1n) is 9.30. The number of aryl methyl sites for hydroxylation is 2. The number of Topliss-reactive ketones (excluding diaryl/α,β-unsaturated/α-hetero) is 2. The number of nitrogens with one attached hydrogen (secondary N) is 1. The van der Waals surface area contributed by atoms with Crippen LogP contribution in [0.2, 0.25) is 0 Å². The molecule has 152 valence electrons. The third-order valence-electron chi connectivity index (χ3n) is 5.09. The molecule has 0 aliphatic heterocycles. The fraction of sp³-hybridized carbons (Fsp3) is 0.318. The Bertz CT molecular complexity index is 1080. The summed E-state index contributed by atoms with van der Waals surface area (Å²) in [4.78, 5) is 39.7. The molecule has 3 aromatic heterocycles. The van der Waals surface area contributed by atoms with Crippen LogP contribution in [-0.2, 0) is 11.3 Å². The molecule has 3 heterocycles. The maximum Gasteiger partial charge on any atom is 0.340 e. The van der Waals surface area contributed by atoms with Crippen LogP contribution in [0.15, 0.2) is 28.9 Å². The number of hydrogen-bond donors (Lipinski definition) is 1. The van der Waals surface area contributed by atoms with E-state index in [2.05, 4.69) is 4.98 Å². The zero-order valence-electron chi connectivity index (χ0n) is 17.2. The SMILES string of the molecule is CC(=O)c1c(C)[nH]c(C(=O)COC(=O)c2cc(C)n(Cc3ccco3)c2C)c1C. The standard InChI is InChI=1S/C22H24N2O5/c1-12-9-18(15(4)24(12)10-17-7-6-8-28-17)22(27)29-11-19(26)21-13(2)20(16(5)25)14(3)23-21/h6-9,23H,10-11H2,1-5H3. The Morgan fingerprint density at radius 1 is 1.17 bits per heavy atom. The van der Waals surface area contributed by atoms with Crippen LogP contribution in [0.1, 0.15) is 66.5 Å². The summed E-state index contributed by atoms with van der Waals surface area (Å²) in [6.45, 7) is 8.72. The van der Waals surface area contributed by atoms with Crippen molar-refractivity contribution in [2.24, 2.45) is 0 Å². The molecule has 3 aromatic rings. The molecule has 0 atom stereocenters. The number of esters is 1. The van der Waals surface area contributed by atoms with Gasteiger partial charge < -0.3 is 18.7 Å². The molecular weight excluding hydrogens is 372 g/mol. The Morgan fingerprint density at radius 3 is 2.48 bits per heavy atom. The molecule has 0 radical (unpaired) electrons. The van der Waals surface area contributed by atoms with Crippen LogP contribution in [-0.4, -0.2) is 33.7 Å². The first-order valence-corrected chi connectivity index (χ1v) is 9.30. The zero-order valence-corrected chi connectivity index (χ0v) is 17.2. The molecule has 0 aliphatic rings. The lowest BCUT2D eigenvalue weighted by Gasteiger charge is -2.08. The van der Waals surface area contributed by atoms with Crippen LogP contribution >= 0.6 is 0 Å². The van der Waals surface area contributed by atoms with Gasteiger partial charge in [0.25, 0.3) is 0 Å². The van der Waals surface area contributed by atoms with Gasteiger partial charge in [-0.05, 0) is 58.4 Å². The van der Waals surface area contributed by atoms with Crippen molar-refractivity contribution in [3.8, 4) is 0 Å². The van der Waals surface area contributed by atoms with Gasteiger partial charge in [0.1, 0.15) is 5.76 Å². The molecular formula is C22H24N2O5. The summed E-state index contributed by atoms with van der Waals surface area (Å²) in [6, 6.07) is 5.42. The van der Waals surface area contributed by atoms with E-state index in [-0.39, 0.29) is 11.6 Å². The molecule has 0 amide bonds. The van der Waals surface area contributed by atoms with Crippen molar-refractivity contribution in [1.29, 1.82) is 0 Å². The minimum Gasteiger partial charge on any atom is -0.467 e. The van der Waals surface area contributed by atoms with E-state index in [1.807, 2.05) is 30.5 Å². The van der Waals surface area contributed by atoms with Crippen LogP contribution in [0.3, 0.4) is 0 Å². The number of furan rings is 1. The smallest absolute Gasteiger partial charge is 0.340 e. The maximum absolute atomic E-state index is 12.6. The number of ketones is 2. The fourth-order valence-electron chi connectivity index (χ4n) is 3.65. The predicted molar refractivity (Wildman–Crippen MR) is 107 cm³/mol. The number of aromatic amines is 1. The second-order valence-corrected chi connectivity index (χ2v) is 7.13. The molecule has 7 nitrogen and oxygen atoms in total. The summed E-state index contributed by atoms with van der Waals surface area (Å²) in [5.74, 6) is -0.280. The number of ether oxygens (including phenoxy) is 1. The van der Waals surface area contributed by atoms with Gasteiger partial charge in [-0.3, -0.25) is 9.59 Å². The first kappa shape index (κ1) is 20.4. The quantitative estimate of drug-likeness (QED) is 0.482. The Kier molecular flexibility index (Phi) is 5.59. The Morgan fingerprint density at radius 2 is 1.90 bits per heavy atom. The van der Waals surface area contributed by atoms with Crippen LogP contribution in [0.4, 0.5) is 0 Å². The summed E-state index contributed by atoms with van der Waals surface area (Å²) < 4.78 is 12.6. The van der Waals surface area contributed by atoms with Gasteiger partial charge in [0.15, 0.2) is 12.4 Å². The average molecular weight is 396 g/mol. The Hall–Kier alpha value is -3.35. The highest BCUT2D eigenvalue weighted by molar-refractivity contribution is 6.04. The van der Waals surface area contributed by atoms with Crippen LogP contribution in [0.25, 0.3) is 0 Å². The highest BCUT2D eigenvalue weighted by Gasteiger charge is 2.22. The monoisotopic (exact) mass is 396 g/mol. The first-order chi connectivity index (χ1) is 13.7. The zero-order chi connectivity index (χ0) is 21.3. The third kappa shape index (κ3) is 3.94. The molecule has 29 heavy (non-hydrogen) atoms. The summed E-state index contributed by atoms with van der Waals surface area (Å²) >= 11 is 0. The minimum absolute atomic E-state index is 0.115. The van der Waals surface area contributed by atoms with Crippen molar-refractivity contribution < 1.29 is 23.5 Å². The third-order valence-corrected chi connectivity index (χ3v) is 5.09. The normalized spacial score (nSPS) is 10.9. The summed E-state index contributed by atoms with van der Waals surface area (Å²) in [6.07, 6.45) is 1.60. The van der Waals surface area contributed by atoms with E-state index in [4.69, 9.17) is 9.15 Å². The Labute approximate surface area is 168 Å².